The quantitative estimate of drug-likeness (QED) is 0.878. The minimum atomic E-state index is -0.467. The molecule has 0 bridgehead atoms. The van der Waals surface area contributed by atoms with Crippen LogP contribution in [0.15, 0.2) is 42.5 Å². The van der Waals surface area contributed by atoms with E-state index in [1.807, 2.05) is 24.3 Å². The maximum Gasteiger partial charge on any atom is 0.142 e. The summed E-state index contributed by atoms with van der Waals surface area (Å²) in [5.41, 5.74) is 1.78. The van der Waals surface area contributed by atoms with Crippen LogP contribution in [0.2, 0.25) is 5.02 Å². The molecule has 2 nitrogen and oxygen atoms in total. The summed E-state index contributed by atoms with van der Waals surface area (Å²) in [6.45, 7) is 0.200. The van der Waals surface area contributed by atoms with Gasteiger partial charge in [-0.2, -0.15) is 0 Å². The van der Waals surface area contributed by atoms with Crippen LogP contribution in [0.4, 0.5) is 4.39 Å². The molecule has 0 aliphatic carbocycles. The van der Waals surface area contributed by atoms with E-state index in [1.54, 1.807) is 0 Å². The minimum Gasteiger partial charge on any atom is -0.489 e. The molecule has 0 saturated carbocycles. The summed E-state index contributed by atoms with van der Waals surface area (Å²) in [4.78, 5) is 0. The van der Waals surface area contributed by atoms with Crippen molar-refractivity contribution in [2.45, 2.75) is 6.61 Å². The van der Waals surface area contributed by atoms with Gasteiger partial charge in [0.15, 0.2) is 0 Å². The zero-order chi connectivity index (χ0) is 14.4. The lowest BCUT2D eigenvalue weighted by atomic mass is 10.1. The Balaban J connectivity index is 1.98. The maximum atomic E-state index is 13.0. The van der Waals surface area contributed by atoms with Crippen molar-refractivity contribution in [3.63, 3.8) is 0 Å². The molecule has 0 radical (unpaired) electrons. The molecule has 0 fully saturated rings. The molecule has 0 spiro atoms. The van der Waals surface area contributed by atoms with Gasteiger partial charge in [-0.25, -0.2) is 4.39 Å². The van der Waals surface area contributed by atoms with Crippen molar-refractivity contribution in [1.82, 2.24) is 0 Å². The highest BCUT2D eigenvalue weighted by Gasteiger charge is 2.02. The molecule has 2 rings (SSSR count). The third-order valence-corrected chi connectivity index (χ3v) is 2.85. The first-order valence-electron chi connectivity index (χ1n) is 5.95. The van der Waals surface area contributed by atoms with Crippen LogP contribution in [0.1, 0.15) is 11.1 Å². The maximum absolute atomic E-state index is 13.0. The van der Waals surface area contributed by atoms with Crippen LogP contribution in [0, 0.1) is 17.7 Å². The zero-order valence-corrected chi connectivity index (χ0v) is 11.3. The van der Waals surface area contributed by atoms with Crippen molar-refractivity contribution in [3.8, 4) is 17.6 Å². The van der Waals surface area contributed by atoms with Gasteiger partial charge in [0.2, 0.25) is 0 Å². The van der Waals surface area contributed by atoms with E-state index in [4.69, 9.17) is 21.4 Å². The summed E-state index contributed by atoms with van der Waals surface area (Å²) >= 11 is 5.67. The van der Waals surface area contributed by atoms with Gasteiger partial charge in [0.1, 0.15) is 24.8 Å². The van der Waals surface area contributed by atoms with Gasteiger partial charge in [-0.1, -0.05) is 35.6 Å². The second kappa shape index (κ2) is 6.95. The number of aliphatic hydroxyl groups is 1. The monoisotopic (exact) mass is 290 g/mol. The van der Waals surface area contributed by atoms with Crippen molar-refractivity contribution in [2.75, 3.05) is 6.61 Å². The second-order valence-electron chi connectivity index (χ2n) is 4.02. The molecule has 2 aromatic rings. The van der Waals surface area contributed by atoms with Crippen LogP contribution in [0.25, 0.3) is 0 Å². The van der Waals surface area contributed by atoms with Crippen molar-refractivity contribution in [2.24, 2.45) is 0 Å². The van der Waals surface area contributed by atoms with E-state index < -0.39 is 5.82 Å². The van der Waals surface area contributed by atoms with Crippen LogP contribution in [0.5, 0.6) is 5.75 Å². The summed E-state index contributed by atoms with van der Waals surface area (Å²) in [6.07, 6.45) is 0. The van der Waals surface area contributed by atoms with Gasteiger partial charge >= 0.3 is 0 Å². The molecule has 0 amide bonds. The Bertz CT molecular complexity index is 642. The summed E-state index contributed by atoms with van der Waals surface area (Å²) in [7, 11) is 0. The second-order valence-corrected chi connectivity index (χ2v) is 4.43. The van der Waals surface area contributed by atoms with Crippen molar-refractivity contribution in [1.29, 1.82) is 0 Å². The Hall–Kier alpha value is -2.02. The summed E-state index contributed by atoms with van der Waals surface area (Å²) < 4.78 is 18.5. The van der Waals surface area contributed by atoms with E-state index in [2.05, 4.69) is 11.8 Å². The molecule has 2 aromatic carbocycles. The van der Waals surface area contributed by atoms with Crippen LogP contribution in [0.3, 0.4) is 0 Å². The topological polar surface area (TPSA) is 29.5 Å². The van der Waals surface area contributed by atoms with Gasteiger partial charge in [-0.3, -0.25) is 0 Å². The van der Waals surface area contributed by atoms with Gasteiger partial charge in [0, 0.05) is 11.6 Å². The fourth-order valence-electron chi connectivity index (χ4n) is 1.56. The summed E-state index contributed by atoms with van der Waals surface area (Å²) in [5.74, 6) is 5.43. The number of ether oxygens (including phenoxy) is 1. The van der Waals surface area contributed by atoms with E-state index in [0.29, 0.717) is 12.4 Å². The molecule has 0 heterocycles. The Kier molecular flexibility index (Phi) is 5.00. The van der Waals surface area contributed by atoms with Crippen LogP contribution in [-0.4, -0.2) is 11.7 Å². The molecular formula is C16H12ClFO2. The molecule has 0 atom stereocenters. The zero-order valence-electron chi connectivity index (χ0n) is 10.6. The van der Waals surface area contributed by atoms with Gasteiger partial charge in [0.05, 0.1) is 5.02 Å². The number of halogens is 2. The lowest BCUT2D eigenvalue weighted by Gasteiger charge is -2.07. The third-order valence-electron chi connectivity index (χ3n) is 2.56. The predicted octanol–water partition coefficient (Wildman–Crippen LogP) is 3.40. The summed E-state index contributed by atoms with van der Waals surface area (Å²) in [6, 6.07) is 11.7. The van der Waals surface area contributed by atoms with Crippen LogP contribution < -0.4 is 4.74 Å². The lowest BCUT2D eigenvalue weighted by Crippen LogP contribution is -1.95. The number of hydrogen-bond acceptors (Lipinski definition) is 2. The normalized spacial score (nSPS) is 9.75. The number of rotatable bonds is 3. The molecule has 20 heavy (non-hydrogen) atoms. The number of benzene rings is 2. The molecule has 1 N–H and O–H groups in total. The highest BCUT2D eigenvalue weighted by molar-refractivity contribution is 6.30. The van der Waals surface area contributed by atoms with Gasteiger partial charge in [0.25, 0.3) is 0 Å². The first-order valence-corrected chi connectivity index (χ1v) is 6.33. The fourth-order valence-corrected chi connectivity index (χ4v) is 1.73. The molecule has 0 aromatic heterocycles. The highest BCUT2D eigenvalue weighted by Crippen LogP contribution is 2.21. The molecule has 0 saturated heterocycles. The van der Waals surface area contributed by atoms with Crippen molar-refractivity contribution in [3.05, 3.63) is 64.4 Å². The first-order chi connectivity index (χ1) is 9.69. The van der Waals surface area contributed by atoms with Gasteiger partial charge in [-0.15, -0.1) is 0 Å². The largest absolute Gasteiger partial charge is 0.489 e. The van der Waals surface area contributed by atoms with Crippen molar-refractivity contribution >= 4 is 11.6 Å². The molecule has 0 aliphatic heterocycles. The van der Waals surface area contributed by atoms with E-state index in [0.717, 1.165) is 11.1 Å². The van der Waals surface area contributed by atoms with E-state index in [9.17, 15) is 4.39 Å². The average molecular weight is 291 g/mol. The minimum absolute atomic E-state index is 0.0390. The van der Waals surface area contributed by atoms with Crippen LogP contribution in [-0.2, 0) is 6.61 Å². The van der Waals surface area contributed by atoms with E-state index >= 15 is 0 Å². The third kappa shape index (κ3) is 3.99. The Morgan fingerprint density at radius 1 is 1.15 bits per heavy atom. The summed E-state index contributed by atoms with van der Waals surface area (Å²) in [5, 5.41) is 8.64. The van der Waals surface area contributed by atoms with Gasteiger partial charge in [-0.05, 0) is 29.8 Å². The molecule has 0 unspecified atom stereocenters. The molecule has 4 heteroatoms. The van der Waals surface area contributed by atoms with Gasteiger partial charge < -0.3 is 9.84 Å². The van der Waals surface area contributed by atoms with Crippen LogP contribution >= 0.6 is 11.6 Å². The SMILES string of the molecule is OCC#Cc1ccc(COc2ccc(F)c(Cl)c2)cc1. The van der Waals surface area contributed by atoms with E-state index in [1.165, 1.54) is 18.2 Å². The van der Waals surface area contributed by atoms with E-state index in [-0.39, 0.29) is 11.6 Å². The lowest BCUT2D eigenvalue weighted by molar-refractivity contribution is 0.306. The molecule has 102 valence electrons. The Morgan fingerprint density at radius 2 is 1.90 bits per heavy atom. The average Bonchev–Trinajstić information content (AvgIpc) is 2.47. The van der Waals surface area contributed by atoms with Crippen molar-refractivity contribution < 1.29 is 14.2 Å². The first kappa shape index (κ1) is 14.4. The number of aliphatic hydroxyl groups excluding tert-OH is 1. The standard InChI is InChI=1S/C16H12ClFO2/c17-15-10-14(7-8-16(15)18)20-11-13-5-3-12(4-6-13)2-1-9-19/h3-8,10,19H,9,11H2. The highest BCUT2D eigenvalue weighted by atomic mass is 35.5. The Labute approximate surface area is 121 Å². The molecular weight excluding hydrogens is 279 g/mol. The Morgan fingerprint density at radius 3 is 2.55 bits per heavy atom. The number of hydrogen-bond donors (Lipinski definition) is 1. The molecule has 0 aliphatic rings. The smallest absolute Gasteiger partial charge is 0.142 e. The predicted molar refractivity (Wildman–Crippen MR) is 76.1 cm³/mol. The fraction of sp³-hybridized carbons (Fsp3) is 0.125.